The van der Waals surface area contributed by atoms with Crippen LogP contribution in [0.5, 0.6) is 0 Å². The molecule has 1 heterocycles. The van der Waals surface area contributed by atoms with Crippen molar-refractivity contribution in [3.05, 3.63) is 0 Å². The second kappa shape index (κ2) is 3.98. The van der Waals surface area contributed by atoms with Gasteiger partial charge in [-0.3, -0.25) is 4.79 Å². The maximum atomic E-state index is 11.8. The molecule has 4 atom stereocenters. The lowest BCUT2D eigenvalue weighted by atomic mass is 10.0. The fourth-order valence-corrected chi connectivity index (χ4v) is 2.58. The lowest BCUT2D eigenvalue weighted by Crippen LogP contribution is -2.37. The highest BCUT2D eigenvalue weighted by molar-refractivity contribution is 5.80. The summed E-state index contributed by atoms with van der Waals surface area (Å²) in [6.07, 6.45) is 0.288. The molecule has 1 amide bonds. The maximum Gasteiger partial charge on any atom is 0.225 e. The molecule has 0 bridgehead atoms. The lowest BCUT2D eigenvalue weighted by molar-refractivity contribution is -0.160. The molecule has 0 spiro atoms. The molecule has 1 aliphatic heterocycles. The Morgan fingerprint density at radius 3 is 2.69 bits per heavy atom. The van der Waals surface area contributed by atoms with Crippen LogP contribution in [0.4, 0.5) is 0 Å². The highest BCUT2D eigenvalue weighted by Gasteiger charge is 2.54. The highest BCUT2D eigenvalue weighted by Crippen LogP contribution is 2.40. The Morgan fingerprint density at radius 1 is 1.44 bits per heavy atom. The molecule has 2 aliphatic rings. The first-order chi connectivity index (χ1) is 7.44. The first kappa shape index (κ1) is 11.8. The Bertz CT molecular complexity index is 293. The van der Waals surface area contributed by atoms with E-state index < -0.39 is 5.79 Å². The third kappa shape index (κ3) is 1.95. The van der Waals surface area contributed by atoms with Crippen molar-refractivity contribution in [2.45, 2.75) is 51.2 Å². The van der Waals surface area contributed by atoms with Gasteiger partial charge in [0.25, 0.3) is 0 Å². The second-order valence-corrected chi connectivity index (χ2v) is 4.97. The third-order valence-electron chi connectivity index (χ3n) is 3.20. The van der Waals surface area contributed by atoms with Crippen LogP contribution in [0.3, 0.4) is 0 Å². The fourth-order valence-electron chi connectivity index (χ4n) is 2.58. The fraction of sp³-hybridized carbons (Fsp3) is 0.909. The molecule has 5 heteroatoms. The zero-order valence-corrected chi connectivity index (χ0v) is 10.0. The summed E-state index contributed by atoms with van der Waals surface area (Å²) in [5.74, 6) is -0.786. The van der Waals surface area contributed by atoms with Gasteiger partial charge < -0.3 is 20.5 Å². The number of nitrogens with two attached hydrogens (primary N) is 1. The number of ether oxygens (including phenoxy) is 2. The monoisotopic (exact) mass is 228 g/mol. The molecule has 0 aromatic heterocycles. The average Bonchev–Trinajstić information content (AvgIpc) is 2.62. The summed E-state index contributed by atoms with van der Waals surface area (Å²) < 4.78 is 11.5. The van der Waals surface area contributed by atoms with Gasteiger partial charge in [-0.2, -0.15) is 0 Å². The number of carbonyl (C=O) groups is 1. The maximum absolute atomic E-state index is 11.8. The van der Waals surface area contributed by atoms with Crippen molar-refractivity contribution < 1.29 is 14.3 Å². The second-order valence-electron chi connectivity index (χ2n) is 4.97. The summed E-state index contributed by atoms with van der Waals surface area (Å²) in [6, 6.07) is -0.112. The standard InChI is InChI=1S/C11H20N2O3/c1-4-13-10(14)6-5-7(12)9-8(6)15-11(2,3)16-9/h6-9H,4-5,12H2,1-3H3,(H,13,14)/t6-,7-,8-,9-/m1/s1. The van der Waals surface area contributed by atoms with Gasteiger partial charge in [-0.05, 0) is 27.2 Å². The zero-order chi connectivity index (χ0) is 11.9. The Balaban J connectivity index is 2.10. The van der Waals surface area contributed by atoms with Crippen LogP contribution in [0, 0.1) is 5.92 Å². The number of carbonyl (C=O) groups excluding carboxylic acids is 1. The number of hydrogen-bond donors (Lipinski definition) is 2. The normalized spacial score (nSPS) is 40.8. The van der Waals surface area contributed by atoms with Crippen molar-refractivity contribution in [3.8, 4) is 0 Å². The minimum atomic E-state index is -0.627. The van der Waals surface area contributed by atoms with E-state index in [1.165, 1.54) is 0 Å². The Kier molecular flexibility index (Phi) is 2.94. The molecule has 2 fully saturated rings. The zero-order valence-electron chi connectivity index (χ0n) is 10.0. The summed E-state index contributed by atoms with van der Waals surface area (Å²) in [4.78, 5) is 11.8. The average molecular weight is 228 g/mol. The van der Waals surface area contributed by atoms with Crippen LogP contribution in [-0.4, -0.2) is 36.5 Å². The van der Waals surface area contributed by atoms with E-state index in [1.54, 1.807) is 0 Å². The van der Waals surface area contributed by atoms with Gasteiger partial charge >= 0.3 is 0 Å². The van der Waals surface area contributed by atoms with E-state index in [4.69, 9.17) is 15.2 Å². The summed E-state index contributed by atoms with van der Waals surface area (Å²) in [6.45, 7) is 6.24. The summed E-state index contributed by atoms with van der Waals surface area (Å²) in [5, 5.41) is 2.82. The van der Waals surface area contributed by atoms with Crippen molar-refractivity contribution in [1.29, 1.82) is 0 Å². The molecule has 2 rings (SSSR count). The van der Waals surface area contributed by atoms with Gasteiger partial charge in [-0.1, -0.05) is 0 Å². The van der Waals surface area contributed by atoms with E-state index in [-0.39, 0.29) is 30.1 Å². The number of amides is 1. The molecule has 1 saturated heterocycles. The summed E-state index contributed by atoms with van der Waals surface area (Å²) >= 11 is 0. The van der Waals surface area contributed by atoms with Gasteiger partial charge in [0.2, 0.25) is 5.91 Å². The van der Waals surface area contributed by atoms with Crippen LogP contribution in [0.2, 0.25) is 0 Å². The molecule has 1 aliphatic carbocycles. The Hall–Kier alpha value is -0.650. The van der Waals surface area contributed by atoms with Crippen molar-refractivity contribution in [2.75, 3.05) is 6.54 Å². The van der Waals surface area contributed by atoms with Crippen molar-refractivity contribution in [3.63, 3.8) is 0 Å². The number of nitrogens with one attached hydrogen (secondary N) is 1. The first-order valence-electron chi connectivity index (χ1n) is 5.83. The van der Waals surface area contributed by atoms with E-state index in [0.29, 0.717) is 13.0 Å². The SMILES string of the molecule is CCNC(=O)[C@@H]1C[C@@H](N)[C@H]2OC(C)(C)O[C@@H]21. The summed E-state index contributed by atoms with van der Waals surface area (Å²) in [5.41, 5.74) is 5.98. The Morgan fingerprint density at radius 2 is 2.06 bits per heavy atom. The van der Waals surface area contributed by atoms with Gasteiger partial charge in [0.15, 0.2) is 5.79 Å². The molecule has 0 unspecified atom stereocenters. The van der Waals surface area contributed by atoms with Gasteiger partial charge in [0.05, 0.1) is 5.92 Å². The lowest BCUT2D eigenvalue weighted by Gasteiger charge is -2.22. The molecule has 16 heavy (non-hydrogen) atoms. The number of fused-ring (bicyclic) bond motifs is 1. The van der Waals surface area contributed by atoms with E-state index in [2.05, 4.69) is 5.32 Å². The predicted octanol–water partition coefficient (Wildman–Crippen LogP) is -0.0102. The molecule has 0 radical (unpaired) electrons. The molecular weight excluding hydrogens is 208 g/mol. The van der Waals surface area contributed by atoms with Crippen LogP contribution in [0.1, 0.15) is 27.2 Å². The molecule has 92 valence electrons. The quantitative estimate of drug-likeness (QED) is 0.697. The first-order valence-corrected chi connectivity index (χ1v) is 5.83. The molecule has 1 saturated carbocycles. The van der Waals surface area contributed by atoms with Crippen LogP contribution in [0.15, 0.2) is 0 Å². The third-order valence-corrected chi connectivity index (χ3v) is 3.20. The van der Waals surface area contributed by atoms with Crippen molar-refractivity contribution >= 4 is 5.91 Å². The van der Waals surface area contributed by atoms with E-state index in [9.17, 15) is 4.79 Å². The highest BCUT2D eigenvalue weighted by atomic mass is 16.8. The van der Waals surface area contributed by atoms with Gasteiger partial charge in [0, 0.05) is 12.6 Å². The molecule has 0 aromatic carbocycles. The smallest absolute Gasteiger partial charge is 0.225 e. The predicted molar refractivity (Wildman–Crippen MR) is 58.6 cm³/mol. The van der Waals surface area contributed by atoms with Crippen LogP contribution in [0.25, 0.3) is 0 Å². The minimum Gasteiger partial charge on any atom is -0.356 e. The van der Waals surface area contributed by atoms with Gasteiger partial charge in [0.1, 0.15) is 12.2 Å². The summed E-state index contributed by atoms with van der Waals surface area (Å²) in [7, 11) is 0. The van der Waals surface area contributed by atoms with E-state index in [1.807, 2.05) is 20.8 Å². The minimum absolute atomic E-state index is 0.0201. The number of hydrogen-bond acceptors (Lipinski definition) is 4. The topological polar surface area (TPSA) is 73.6 Å². The Labute approximate surface area is 95.7 Å². The molecule has 3 N–H and O–H groups in total. The number of rotatable bonds is 2. The van der Waals surface area contributed by atoms with Crippen molar-refractivity contribution in [2.24, 2.45) is 11.7 Å². The van der Waals surface area contributed by atoms with Gasteiger partial charge in [-0.15, -0.1) is 0 Å². The van der Waals surface area contributed by atoms with E-state index >= 15 is 0 Å². The van der Waals surface area contributed by atoms with Gasteiger partial charge in [-0.25, -0.2) is 0 Å². The van der Waals surface area contributed by atoms with Crippen LogP contribution < -0.4 is 11.1 Å². The molecule has 0 aromatic rings. The largest absolute Gasteiger partial charge is 0.356 e. The molecular formula is C11H20N2O3. The molecule has 5 nitrogen and oxygen atoms in total. The van der Waals surface area contributed by atoms with Crippen LogP contribution in [-0.2, 0) is 14.3 Å². The van der Waals surface area contributed by atoms with Crippen molar-refractivity contribution in [1.82, 2.24) is 5.32 Å². The van der Waals surface area contributed by atoms with E-state index in [0.717, 1.165) is 0 Å². The van der Waals surface area contributed by atoms with Crippen LogP contribution >= 0.6 is 0 Å².